The topological polar surface area (TPSA) is 41.6 Å². The smallest absolute Gasteiger partial charge is 0.222 e. The number of nitrogens with one attached hydrogen (secondary N) is 1. The first-order valence-corrected chi connectivity index (χ1v) is 8.72. The predicted molar refractivity (Wildman–Crippen MR) is 94.0 cm³/mol. The second kappa shape index (κ2) is 8.34. The number of aryl methyl sites for hydroxylation is 2. The fraction of sp³-hybridized carbons (Fsp3) is 0.632. The number of benzene rings is 1. The van der Waals surface area contributed by atoms with E-state index in [1.807, 2.05) is 11.8 Å². The second-order valence-corrected chi connectivity index (χ2v) is 6.65. The van der Waals surface area contributed by atoms with E-state index >= 15 is 0 Å². The molecule has 2 rings (SSSR count). The molecule has 0 saturated carbocycles. The largest absolute Gasteiger partial charge is 0.493 e. The molecule has 1 N–H and O–H groups in total. The zero-order valence-corrected chi connectivity index (χ0v) is 14.9. The van der Waals surface area contributed by atoms with Crippen LogP contribution in [0.2, 0.25) is 0 Å². The molecule has 0 spiro atoms. The lowest BCUT2D eigenvalue weighted by Crippen LogP contribution is -2.46. The molecule has 1 aromatic carbocycles. The molecule has 23 heavy (non-hydrogen) atoms. The van der Waals surface area contributed by atoms with Crippen LogP contribution in [0.25, 0.3) is 0 Å². The van der Waals surface area contributed by atoms with E-state index in [1.54, 1.807) is 0 Å². The summed E-state index contributed by atoms with van der Waals surface area (Å²) in [5.74, 6) is 1.60. The molecule has 128 valence electrons. The maximum atomic E-state index is 12.4. The first-order valence-electron chi connectivity index (χ1n) is 8.72. The van der Waals surface area contributed by atoms with Gasteiger partial charge in [-0.15, -0.1) is 0 Å². The van der Waals surface area contributed by atoms with Crippen molar-refractivity contribution in [3.63, 3.8) is 0 Å². The third-order valence-electron chi connectivity index (χ3n) is 4.35. The maximum Gasteiger partial charge on any atom is 0.222 e. The molecule has 1 atom stereocenters. The molecular formula is C19H30N2O2. The number of amides is 1. The zero-order chi connectivity index (χ0) is 16.8. The molecule has 1 aromatic rings. The van der Waals surface area contributed by atoms with Crippen molar-refractivity contribution in [2.75, 3.05) is 32.8 Å². The van der Waals surface area contributed by atoms with Crippen molar-refractivity contribution in [1.82, 2.24) is 10.2 Å². The van der Waals surface area contributed by atoms with Crippen LogP contribution in [0.15, 0.2) is 12.1 Å². The van der Waals surface area contributed by atoms with Gasteiger partial charge in [-0.05, 0) is 44.2 Å². The van der Waals surface area contributed by atoms with Crippen LogP contribution >= 0.6 is 0 Å². The zero-order valence-electron chi connectivity index (χ0n) is 14.9. The summed E-state index contributed by atoms with van der Waals surface area (Å²) >= 11 is 0. The summed E-state index contributed by atoms with van der Waals surface area (Å²) in [6.45, 7) is 12.5. The van der Waals surface area contributed by atoms with Gasteiger partial charge >= 0.3 is 0 Å². The maximum absolute atomic E-state index is 12.4. The highest BCUT2D eigenvalue weighted by Crippen LogP contribution is 2.28. The molecule has 0 aromatic heterocycles. The Balaban J connectivity index is 2.01. The van der Waals surface area contributed by atoms with Crippen molar-refractivity contribution in [2.45, 2.75) is 40.5 Å². The minimum atomic E-state index is 0.279. The van der Waals surface area contributed by atoms with Gasteiger partial charge in [0.25, 0.3) is 0 Å². The van der Waals surface area contributed by atoms with Crippen molar-refractivity contribution in [3.05, 3.63) is 28.8 Å². The van der Waals surface area contributed by atoms with Gasteiger partial charge in [-0.25, -0.2) is 0 Å². The SMILES string of the molecule is CCOc1c(C)cc(C)cc1CC(C)CC(=O)N1CCNCC1. The number of hydrogen-bond donors (Lipinski definition) is 1. The fourth-order valence-corrected chi connectivity index (χ4v) is 3.33. The van der Waals surface area contributed by atoms with E-state index < -0.39 is 0 Å². The van der Waals surface area contributed by atoms with Crippen LogP contribution in [0, 0.1) is 19.8 Å². The van der Waals surface area contributed by atoms with Crippen molar-refractivity contribution in [3.8, 4) is 5.75 Å². The number of ether oxygens (including phenoxy) is 1. The van der Waals surface area contributed by atoms with Gasteiger partial charge in [-0.1, -0.05) is 24.6 Å². The van der Waals surface area contributed by atoms with E-state index in [0.29, 0.717) is 18.9 Å². The van der Waals surface area contributed by atoms with Gasteiger partial charge in [0.1, 0.15) is 5.75 Å². The summed E-state index contributed by atoms with van der Waals surface area (Å²) in [5, 5.41) is 3.29. The van der Waals surface area contributed by atoms with Crippen molar-refractivity contribution in [2.24, 2.45) is 5.92 Å². The van der Waals surface area contributed by atoms with E-state index in [-0.39, 0.29) is 5.91 Å². The van der Waals surface area contributed by atoms with E-state index in [4.69, 9.17) is 4.74 Å². The predicted octanol–water partition coefficient (Wildman–Crippen LogP) is 2.70. The van der Waals surface area contributed by atoms with Gasteiger partial charge in [-0.2, -0.15) is 0 Å². The third-order valence-corrected chi connectivity index (χ3v) is 4.35. The van der Waals surface area contributed by atoms with Crippen LogP contribution in [0.3, 0.4) is 0 Å². The molecule has 4 nitrogen and oxygen atoms in total. The molecule has 0 radical (unpaired) electrons. The lowest BCUT2D eigenvalue weighted by atomic mass is 9.94. The molecule has 0 aliphatic carbocycles. The van der Waals surface area contributed by atoms with E-state index in [2.05, 4.69) is 38.2 Å². The van der Waals surface area contributed by atoms with Crippen LogP contribution in [0.1, 0.15) is 37.0 Å². The van der Waals surface area contributed by atoms with Crippen LogP contribution in [0.5, 0.6) is 5.75 Å². The van der Waals surface area contributed by atoms with Crippen molar-refractivity contribution >= 4 is 5.91 Å². The number of rotatable bonds is 6. The first-order chi connectivity index (χ1) is 11.0. The molecule has 1 aliphatic heterocycles. The Morgan fingerprint density at radius 1 is 1.30 bits per heavy atom. The minimum absolute atomic E-state index is 0.279. The number of nitrogens with zero attached hydrogens (tertiary/aromatic N) is 1. The Morgan fingerprint density at radius 3 is 2.65 bits per heavy atom. The van der Waals surface area contributed by atoms with Crippen LogP contribution in [-0.4, -0.2) is 43.6 Å². The molecule has 1 heterocycles. The Hall–Kier alpha value is -1.55. The van der Waals surface area contributed by atoms with Gasteiger partial charge < -0.3 is 15.0 Å². The quantitative estimate of drug-likeness (QED) is 0.877. The molecule has 4 heteroatoms. The van der Waals surface area contributed by atoms with Gasteiger partial charge in [0, 0.05) is 32.6 Å². The highest BCUT2D eigenvalue weighted by atomic mass is 16.5. The normalized spacial score (nSPS) is 16.3. The number of carbonyl (C=O) groups excluding carboxylic acids is 1. The Labute approximate surface area is 140 Å². The average molecular weight is 318 g/mol. The Bertz CT molecular complexity index is 536. The fourth-order valence-electron chi connectivity index (χ4n) is 3.33. The van der Waals surface area contributed by atoms with Crippen molar-refractivity contribution < 1.29 is 9.53 Å². The molecule has 1 fully saturated rings. The summed E-state index contributed by atoms with van der Waals surface area (Å²) in [6.07, 6.45) is 1.49. The Morgan fingerprint density at radius 2 is 2.00 bits per heavy atom. The minimum Gasteiger partial charge on any atom is -0.493 e. The summed E-state index contributed by atoms with van der Waals surface area (Å²) in [6, 6.07) is 4.36. The summed E-state index contributed by atoms with van der Waals surface area (Å²) in [5.41, 5.74) is 3.66. The lowest BCUT2D eigenvalue weighted by molar-refractivity contribution is -0.132. The highest BCUT2D eigenvalue weighted by molar-refractivity contribution is 5.76. The molecule has 0 bridgehead atoms. The lowest BCUT2D eigenvalue weighted by Gasteiger charge is -2.28. The third kappa shape index (κ3) is 4.96. The Kier molecular flexibility index (Phi) is 6.46. The van der Waals surface area contributed by atoms with E-state index in [9.17, 15) is 4.79 Å². The molecular weight excluding hydrogens is 288 g/mol. The number of piperazine rings is 1. The standard InChI is InChI=1S/C19H30N2O2/c1-5-23-19-16(4)10-14(2)11-17(19)12-15(3)13-18(22)21-8-6-20-7-9-21/h10-11,15,20H,5-9,12-13H2,1-4H3. The molecule has 1 aliphatic rings. The molecule has 1 saturated heterocycles. The number of carbonyl (C=O) groups is 1. The number of hydrogen-bond acceptors (Lipinski definition) is 3. The van der Waals surface area contributed by atoms with Gasteiger partial charge in [0.2, 0.25) is 5.91 Å². The molecule has 1 unspecified atom stereocenters. The van der Waals surface area contributed by atoms with Gasteiger partial charge in [0.05, 0.1) is 6.61 Å². The van der Waals surface area contributed by atoms with Gasteiger partial charge in [-0.3, -0.25) is 4.79 Å². The molecule has 1 amide bonds. The first kappa shape index (κ1) is 17.8. The van der Waals surface area contributed by atoms with Gasteiger partial charge in [0.15, 0.2) is 0 Å². The van der Waals surface area contributed by atoms with E-state index in [1.165, 1.54) is 16.7 Å². The summed E-state index contributed by atoms with van der Waals surface area (Å²) in [4.78, 5) is 14.4. The van der Waals surface area contributed by atoms with Crippen LogP contribution in [-0.2, 0) is 11.2 Å². The van der Waals surface area contributed by atoms with E-state index in [0.717, 1.165) is 38.3 Å². The monoisotopic (exact) mass is 318 g/mol. The summed E-state index contributed by atoms with van der Waals surface area (Å²) < 4.78 is 5.84. The average Bonchev–Trinajstić information content (AvgIpc) is 2.51. The summed E-state index contributed by atoms with van der Waals surface area (Å²) in [7, 11) is 0. The van der Waals surface area contributed by atoms with Crippen LogP contribution in [0.4, 0.5) is 0 Å². The second-order valence-electron chi connectivity index (χ2n) is 6.65. The van der Waals surface area contributed by atoms with Crippen molar-refractivity contribution in [1.29, 1.82) is 0 Å². The highest BCUT2D eigenvalue weighted by Gasteiger charge is 2.20. The van der Waals surface area contributed by atoms with Crippen LogP contribution < -0.4 is 10.1 Å².